The molecule has 28 heavy (non-hydrogen) atoms. The van der Waals surface area contributed by atoms with Gasteiger partial charge in [0.15, 0.2) is 5.13 Å². The van der Waals surface area contributed by atoms with Crippen molar-refractivity contribution in [3.05, 3.63) is 10.5 Å². The van der Waals surface area contributed by atoms with Gasteiger partial charge in [-0.1, -0.05) is 29.9 Å². The molecule has 7 nitrogen and oxygen atoms in total. The van der Waals surface area contributed by atoms with Crippen LogP contribution in [0.1, 0.15) is 45.4 Å². The lowest BCUT2D eigenvalue weighted by Crippen LogP contribution is -2.54. The number of hydrogen-bond acceptors (Lipinski definition) is 5. The predicted molar refractivity (Wildman–Crippen MR) is 111 cm³/mol. The van der Waals surface area contributed by atoms with Gasteiger partial charge in [0.25, 0.3) is 0 Å². The van der Waals surface area contributed by atoms with Crippen LogP contribution in [0.2, 0.25) is 4.34 Å². The number of likely N-dealkylation sites (tertiary alicyclic amines) is 1. The molecule has 0 radical (unpaired) electrons. The number of methoxy groups -OCH3 is 1. The van der Waals surface area contributed by atoms with Gasteiger partial charge in [0.05, 0.1) is 6.20 Å². The van der Waals surface area contributed by atoms with Crippen LogP contribution in [0, 0.1) is 5.92 Å². The smallest absolute Gasteiger partial charge is 0.324 e. The average Bonchev–Trinajstić information content (AvgIpc) is 3.09. The van der Waals surface area contributed by atoms with Gasteiger partial charge in [-0.05, 0) is 44.4 Å². The summed E-state index contributed by atoms with van der Waals surface area (Å²) in [6.07, 6.45) is 7.45. The standard InChI is InChI=1S/C19H29ClN4O3S/c1-13-3-5-14(6-4-13)24(19(26)22-18-21-11-16(20)28-18)15-7-9-23(10-8-15)17(25)12-27-2/h11,13-15H,3-10,12H2,1-2H3,(H,21,22,26). The number of nitrogens with zero attached hydrogens (tertiary/aromatic N) is 3. The van der Waals surface area contributed by atoms with E-state index in [-0.39, 0.29) is 30.6 Å². The Bertz CT molecular complexity index is 670. The van der Waals surface area contributed by atoms with E-state index in [1.165, 1.54) is 18.4 Å². The Morgan fingerprint density at radius 2 is 1.89 bits per heavy atom. The molecule has 2 aliphatic rings. The maximum Gasteiger partial charge on any atom is 0.324 e. The first kappa shape index (κ1) is 21.3. The third-order valence-corrected chi connectivity index (χ3v) is 6.81. The van der Waals surface area contributed by atoms with Crippen molar-refractivity contribution in [2.75, 3.05) is 32.1 Å². The molecule has 0 aromatic carbocycles. The number of piperidine rings is 1. The van der Waals surface area contributed by atoms with Gasteiger partial charge < -0.3 is 14.5 Å². The van der Waals surface area contributed by atoms with Crippen molar-refractivity contribution in [1.29, 1.82) is 0 Å². The second kappa shape index (κ2) is 9.89. The van der Waals surface area contributed by atoms with Crippen LogP contribution in [0.5, 0.6) is 0 Å². The van der Waals surface area contributed by atoms with Crippen LogP contribution >= 0.6 is 22.9 Å². The number of carbonyl (C=O) groups is 2. The molecule has 1 saturated heterocycles. The number of thiazole rings is 1. The molecule has 1 saturated carbocycles. The second-order valence-electron chi connectivity index (χ2n) is 7.77. The zero-order chi connectivity index (χ0) is 20.1. The highest BCUT2D eigenvalue weighted by Gasteiger charge is 2.35. The summed E-state index contributed by atoms with van der Waals surface area (Å²) >= 11 is 7.22. The lowest BCUT2D eigenvalue weighted by atomic mass is 9.85. The molecule has 0 unspecified atom stereocenters. The normalized spacial score (nSPS) is 23.5. The van der Waals surface area contributed by atoms with E-state index in [2.05, 4.69) is 17.2 Å². The van der Waals surface area contributed by atoms with Gasteiger partial charge in [-0.25, -0.2) is 9.78 Å². The molecule has 1 N–H and O–H groups in total. The van der Waals surface area contributed by atoms with Crippen LogP contribution < -0.4 is 5.32 Å². The van der Waals surface area contributed by atoms with Gasteiger partial charge in [-0.15, -0.1) is 0 Å². The highest BCUT2D eigenvalue weighted by atomic mass is 35.5. The van der Waals surface area contributed by atoms with Gasteiger partial charge >= 0.3 is 6.03 Å². The summed E-state index contributed by atoms with van der Waals surface area (Å²) in [4.78, 5) is 33.3. The molecule has 3 rings (SSSR count). The molecule has 1 aromatic rings. The Morgan fingerprint density at radius 3 is 2.46 bits per heavy atom. The van der Waals surface area contributed by atoms with E-state index in [9.17, 15) is 9.59 Å². The third kappa shape index (κ3) is 5.36. The fourth-order valence-electron chi connectivity index (χ4n) is 4.23. The Kier molecular flexibility index (Phi) is 7.54. The third-order valence-electron chi connectivity index (χ3n) is 5.78. The van der Waals surface area contributed by atoms with Crippen molar-refractivity contribution in [3.63, 3.8) is 0 Å². The van der Waals surface area contributed by atoms with E-state index in [1.807, 2.05) is 9.80 Å². The van der Waals surface area contributed by atoms with Crippen molar-refractivity contribution in [2.24, 2.45) is 5.92 Å². The number of carbonyl (C=O) groups excluding carboxylic acids is 2. The highest BCUT2D eigenvalue weighted by Crippen LogP contribution is 2.32. The predicted octanol–water partition coefficient (Wildman–Crippen LogP) is 3.85. The molecule has 2 fully saturated rings. The summed E-state index contributed by atoms with van der Waals surface area (Å²) in [5.74, 6) is 0.730. The zero-order valence-electron chi connectivity index (χ0n) is 16.5. The molecule has 0 bridgehead atoms. The van der Waals surface area contributed by atoms with E-state index in [1.54, 1.807) is 6.20 Å². The number of urea groups is 1. The first-order valence-corrected chi connectivity index (χ1v) is 11.1. The Balaban J connectivity index is 1.67. The Labute approximate surface area is 175 Å². The van der Waals surface area contributed by atoms with Crippen LogP contribution in [-0.2, 0) is 9.53 Å². The number of hydrogen-bond donors (Lipinski definition) is 1. The van der Waals surface area contributed by atoms with Crippen molar-refractivity contribution < 1.29 is 14.3 Å². The molecule has 1 aliphatic carbocycles. The quantitative estimate of drug-likeness (QED) is 0.772. The number of nitrogens with one attached hydrogen (secondary N) is 1. The van der Waals surface area contributed by atoms with Crippen molar-refractivity contribution in [2.45, 2.75) is 57.5 Å². The molecular formula is C19H29ClN4O3S. The van der Waals surface area contributed by atoms with Crippen LogP contribution in [0.15, 0.2) is 6.20 Å². The zero-order valence-corrected chi connectivity index (χ0v) is 18.1. The number of halogens is 1. The van der Waals surface area contributed by atoms with Crippen molar-refractivity contribution >= 4 is 40.0 Å². The fraction of sp³-hybridized carbons (Fsp3) is 0.737. The van der Waals surface area contributed by atoms with E-state index < -0.39 is 0 Å². The lowest BCUT2D eigenvalue weighted by Gasteiger charge is -2.44. The lowest BCUT2D eigenvalue weighted by molar-refractivity contribution is -0.136. The van der Waals surface area contributed by atoms with Gasteiger partial charge in [-0.3, -0.25) is 10.1 Å². The summed E-state index contributed by atoms with van der Waals surface area (Å²) in [5.41, 5.74) is 0. The van der Waals surface area contributed by atoms with Gasteiger partial charge in [0.1, 0.15) is 10.9 Å². The first-order valence-electron chi connectivity index (χ1n) is 9.95. The monoisotopic (exact) mass is 428 g/mol. The highest BCUT2D eigenvalue weighted by molar-refractivity contribution is 7.19. The minimum atomic E-state index is -0.104. The number of anilines is 1. The number of amides is 3. The Morgan fingerprint density at radius 1 is 1.25 bits per heavy atom. The second-order valence-corrected chi connectivity index (χ2v) is 9.43. The summed E-state index contributed by atoms with van der Waals surface area (Å²) < 4.78 is 5.51. The van der Waals surface area contributed by atoms with Crippen LogP contribution in [0.3, 0.4) is 0 Å². The molecule has 0 spiro atoms. The summed E-state index contributed by atoms with van der Waals surface area (Å²) in [6, 6.07) is 0.255. The van der Waals surface area contributed by atoms with Crippen LogP contribution in [0.4, 0.5) is 9.93 Å². The Hall–Kier alpha value is -1.38. The first-order chi connectivity index (χ1) is 13.5. The number of ether oxygens (including phenoxy) is 1. The van der Waals surface area contributed by atoms with Crippen LogP contribution in [0.25, 0.3) is 0 Å². The maximum atomic E-state index is 13.2. The summed E-state index contributed by atoms with van der Waals surface area (Å²) in [5, 5.41) is 3.46. The van der Waals surface area contributed by atoms with Gasteiger partial charge in [0.2, 0.25) is 5.91 Å². The average molecular weight is 429 g/mol. The SMILES string of the molecule is COCC(=O)N1CCC(N(C(=O)Nc2ncc(Cl)s2)C2CCC(C)CC2)CC1. The minimum Gasteiger partial charge on any atom is -0.375 e. The molecule has 1 aliphatic heterocycles. The summed E-state index contributed by atoms with van der Waals surface area (Å²) in [7, 11) is 1.53. The molecule has 0 atom stereocenters. The van der Waals surface area contributed by atoms with E-state index in [4.69, 9.17) is 16.3 Å². The van der Waals surface area contributed by atoms with Crippen molar-refractivity contribution in [3.8, 4) is 0 Å². The molecule has 3 amide bonds. The van der Waals surface area contributed by atoms with Gasteiger partial charge in [-0.2, -0.15) is 0 Å². The number of aromatic nitrogens is 1. The molecule has 2 heterocycles. The molecule has 156 valence electrons. The topological polar surface area (TPSA) is 74.8 Å². The van der Waals surface area contributed by atoms with E-state index in [0.29, 0.717) is 28.5 Å². The largest absolute Gasteiger partial charge is 0.375 e. The van der Waals surface area contributed by atoms with Crippen LogP contribution in [-0.4, -0.2) is 65.6 Å². The van der Waals surface area contributed by atoms with Gasteiger partial charge in [0, 0.05) is 32.3 Å². The maximum absolute atomic E-state index is 13.2. The minimum absolute atomic E-state index is 0.0147. The molecule has 1 aromatic heterocycles. The number of rotatable bonds is 5. The van der Waals surface area contributed by atoms with Crippen molar-refractivity contribution in [1.82, 2.24) is 14.8 Å². The van der Waals surface area contributed by atoms with E-state index >= 15 is 0 Å². The van der Waals surface area contributed by atoms with E-state index in [0.717, 1.165) is 38.5 Å². The molecule has 9 heteroatoms. The fourth-order valence-corrected chi connectivity index (χ4v) is 5.03. The summed E-state index contributed by atoms with van der Waals surface area (Å²) in [6.45, 7) is 3.70. The molecular weight excluding hydrogens is 400 g/mol.